The van der Waals surface area contributed by atoms with E-state index in [4.69, 9.17) is 0 Å². The van der Waals surface area contributed by atoms with E-state index in [9.17, 15) is 9.18 Å². The number of rotatable bonds is 2. The average Bonchev–Trinajstić information content (AvgIpc) is 2.85. The van der Waals surface area contributed by atoms with Gasteiger partial charge in [-0.25, -0.2) is 4.98 Å². The minimum atomic E-state index is -0.627. The number of hydrogen-bond acceptors (Lipinski definition) is 2. The van der Waals surface area contributed by atoms with E-state index in [0.717, 1.165) is 10.9 Å². The van der Waals surface area contributed by atoms with Gasteiger partial charge in [-0.15, -0.1) is 0 Å². The lowest BCUT2D eigenvalue weighted by molar-refractivity contribution is 0.102. The quantitative estimate of drug-likeness (QED) is 0.692. The highest BCUT2D eigenvalue weighted by Gasteiger charge is 2.08. The van der Waals surface area contributed by atoms with Gasteiger partial charge < -0.3 is 10.3 Å². The molecule has 3 aromatic rings. The molecule has 3 rings (SSSR count). The average molecular weight is 255 g/mol. The first-order chi connectivity index (χ1) is 9.22. The van der Waals surface area contributed by atoms with E-state index in [1.165, 1.54) is 18.2 Å². The van der Waals surface area contributed by atoms with Crippen LogP contribution < -0.4 is 5.32 Å². The van der Waals surface area contributed by atoms with E-state index < -0.39 is 5.95 Å². The maximum atomic E-state index is 12.9. The molecular formula is C14H10FN3O. The van der Waals surface area contributed by atoms with E-state index in [1.54, 1.807) is 18.3 Å². The van der Waals surface area contributed by atoms with Crippen molar-refractivity contribution in [3.63, 3.8) is 0 Å². The van der Waals surface area contributed by atoms with E-state index in [0.29, 0.717) is 5.56 Å². The van der Waals surface area contributed by atoms with E-state index in [-0.39, 0.29) is 11.7 Å². The van der Waals surface area contributed by atoms with Gasteiger partial charge >= 0.3 is 0 Å². The highest BCUT2D eigenvalue weighted by atomic mass is 19.1. The third-order valence-corrected chi connectivity index (χ3v) is 2.77. The Balaban J connectivity index is 1.87. The summed E-state index contributed by atoms with van der Waals surface area (Å²) in [5, 5.41) is 3.58. The Hall–Kier alpha value is -2.69. The Bertz CT molecular complexity index is 751. The van der Waals surface area contributed by atoms with Crippen LogP contribution in [0.15, 0.2) is 48.7 Å². The second-order valence-electron chi connectivity index (χ2n) is 4.08. The second kappa shape index (κ2) is 4.53. The number of anilines is 1. The van der Waals surface area contributed by atoms with Crippen LogP contribution in [-0.2, 0) is 0 Å². The van der Waals surface area contributed by atoms with Crippen LogP contribution in [0.3, 0.4) is 0 Å². The fourth-order valence-electron chi connectivity index (χ4n) is 1.86. The number of benzene rings is 1. The first kappa shape index (κ1) is 11.4. The molecule has 0 saturated carbocycles. The molecular weight excluding hydrogens is 245 g/mol. The van der Waals surface area contributed by atoms with Gasteiger partial charge in [-0.3, -0.25) is 4.79 Å². The summed E-state index contributed by atoms with van der Waals surface area (Å²) in [6.45, 7) is 0. The van der Waals surface area contributed by atoms with Crippen LogP contribution in [-0.4, -0.2) is 15.9 Å². The number of aromatic nitrogens is 2. The lowest BCUT2D eigenvalue weighted by Crippen LogP contribution is -2.13. The van der Waals surface area contributed by atoms with Crippen LogP contribution in [0.1, 0.15) is 10.4 Å². The fraction of sp³-hybridized carbons (Fsp3) is 0. The Kier molecular flexibility index (Phi) is 2.72. The molecule has 0 bridgehead atoms. The summed E-state index contributed by atoms with van der Waals surface area (Å²) < 4.78 is 12.9. The van der Waals surface area contributed by atoms with Crippen LogP contribution in [0.4, 0.5) is 10.2 Å². The van der Waals surface area contributed by atoms with Crippen molar-refractivity contribution in [1.29, 1.82) is 0 Å². The van der Waals surface area contributed by atoms with Gasteiger partial charge in [0.15, 0.2) is 0 Å². The zero-order valence-corrected chi connectivity index (χ0v) is 9.85. The lowest BCUT2D eigenvalue weighted by atomic mass is 10.1. The van der Waals surface area contributed by atoms with Crippen molar-refractivity contribution in [3.8, 4) is 0 Å². The Labute approximate surface area is 108 Å². The van der Waals surface area contributed by atoms with Crippen LogP contribution in [0.25, 0.3) is 10.9 Å². The normalized spacial score (nSPS) is 10.6. The molecule has 1 amide bonds. The monoisotopic (exact) mass is 255 g/mol. The number of hydrogen-bond donors (Lipinski definition) is 2. The summed E-state index contributed by atoms with van der Waals surface area (Å²) in [6.07, 6.45) is 1.81. The standard InChI is InChI=1S/C14H10FN3O/c15-12-2-1-3-13(17-12)18-14(19)10-5-4-9-6-7-16-11(9)8-10/h1-8,16H,(H,17,18,19). The topological polar surface area (TPSA) is 57.8 Å². The highest BCUT2D eigenvalue weighted by molar-refractivity contribution is 6.05. The number of nitrogens with one attached hydrogen (secondary N) is 2. The predicted octanol–water partition coefficient (Wildman–Crippen LogP) is 2.95. The van der Waals surface area contributed by atoms with Crippen LogP contribution in [0.5, 0.6) is 0 Å². The number of carbonyl (C=O) groups is 1. The highest BCUT2D eigenvalue weighted by Crippen LogP contribution is 2.15. The molecule has 4 nitrogen and oxygen atoms in total. The number of pyridine rings is 1. The maximum Gasteiger partial charge on any atom is 0.256 e. The number of halogens is 1. The molecule has 0 fully saturated rings. The number of carbonyl (C=O) groups excluding carboxylic acids is 1. The number of fused-ring (bicyclic) bond motifs is 1. The molecule has 0 radical (unpaired) electrons. The molecule has 2 heterocycles. The van der Waals surface area contributed by atoms with Crippen LogP contribution >= 0.6 is 0 Å². The van der Waals surface area contributed by atoms with Gasteiger partial charge in [0.25, 0.3) is 5.91 Å². The SMILES string of the molecule is O=C(Nc1cccc(F)n1)c1ccc2cc[nH]c2c1. The summed E-state index contributed by atoms with van der Waals surface area (Å²) >= 11 is 0. The van der Waals surface area contributed by atoms with E-state index in [2.05, 4.69) is 15.3 Å². The number of aromatic amines is 1. The molecule has 0 saturated heterocycles. The van der Waals surface area contributed by atoms with E-state index in [1.807, 2.05) is 12.1 Å². The van der Waals surface area contributed by atoms with Crippen LogP contribution in [0.2, 0.25) is 0 Å². The molecule has 0 aliphatic carbocycles. The zero-order valence-electron chi connectivity index (χ0n) is 9.85. The van der Waals surface area contributed by atoms with Crippen molar-refractivity contribution in [3.05, 3.63) is 60.2 Å². The molecule has 2 N–H and O–H groups in total. The number of nitrogens with zero attached hydrogens (tertiary/aromatic N) is 1. The summed E-state index contributed by atoms with van der Waals surface area (Å²) in [4.78, 5) is 18.6. The summed E-state index contributed by atoms with van der Waals surface area (Å²) in [5.74, 6) is -0.760. The molecule has 2 aromatic heterocycles. The minimum Gasteiger partial charge on any atom is -0.361 e. The van der Waals surface area contributed by atoms with Gasteiger partial charge in [-0.05, 0) is 35.7 Å². The predicted molar refractivity (Wildman–Crippen MR) is 70.4 cm³/mol. The molecule has 5 heteroatoms. The summed E-state index contributed by atoms with van der Waals surface area (Å²) in [7, 11) is 0. The van der Waals surface area contributed by atoms with Crippen molar-refractivity contribution in [1.82, 2.24) is 9.97 Å². The Morgan fingerprint density at radius 2 is 2.11 bits per heavy atom. The second-order valence-corrected chi connectivity index (χ2v) is 4.08. The van der Waals surface area contributed by atoms with Crippen molar-refractivity contribution >= 4 is 22.6 Å². The number of amides is 1. The molecule has 0 unspecified atom stereocenters. The molecule has 1 aromatic carbocycles. The van der Waals surface area contributed by atoms with Gasteiger partial charge in [-0.2, -0.15) is 4.39 Å². The van der Waals surface area contributed by atoms with Gasteiger partial charge in [0, 0.05) is 17.3 Å². The molecule has 0 aliphatic heterocycles. The lowest BCUT2D eigenvalue weighted by Gasteiger charge is -2.04. The third kappa shape index (κ3) is 2.30. The number of H-pyrrole nitrogens is 1. The largest absolute Gasteiger partial charge is 0.361 e. The third-order valence-electron chi connectivity index (χ3n) is 2.77. The van der Waals surface area contributed by atoms with Gasteiger partial charge in [0.05, 0.1) is 0 Å². The molecule has 94 valence electrons. The fourth-order valence-corrected chi connectivity index (χ4v) is 1.86. The minimum absolute atomic E-state index is 0.191. The first-order valence-electron chi connectivity index (χ1n) is 5.73. The Morgan fingerprint density at radius 1 is 1.21 bits per heavy atom. The smallest absolute Gasteiger partial charge is 0.256 e. The zero-order chi connectivity index (χ0) is 13.2. The molecule has 0 aliphatic rings. The van der Waals surface area contributed by atoms with Crippen molar-refractivity contribution in [2.45, 2.75) is 0 Å². The van der Waals surface area contributed by atoms with Crippen LogP contribution in [0, 0.1) is 5.95 Å². The van der Waals surface area contributed by atoms with E-state index >= 15 is 0 Å². The van der Waals surface area contributed by atoms with Gasteiger partial charge in [0.1, 0.15) is 5.82 Å². The molecule has 19 heavy (non-hydrogen) atoms. The molecule has 0 spiro atoms. The van der Waals surface area contributed by atoms with Crippen molar-refractivity contribution in [2.75, 3.05) is 5.32 Å². The maximum absolute atomic E-state index is 12.9. The van der Waals surface area contributed by atoms with Gasteiger partial charge in [0.2, 0.25) is 5.95 Å². The summed E-state index contributed by atoms with van der Waals surface area (Å²) in [6, 6.07) is 11.5. The van der Waals surface area contributed by atoms with Crippen molar-refractivity contribution in [2.24, 2.45) is 0 Å². The summed E-state index contributed by atoms with van der Waals surface area (Å²) in [5.41, 5.74) is 1.36. The first-order valence-corrected chi connectivity index (χ1v) is 5.73. The van der Waals surface area contributed by atoms with Gasteiger partial charge in [-0.1, -0.05) is 12.1 Å². The molecule has 0 atom stereocenters. The Morgan fingerprint density at radius 3 is 2.95 bits per heavy atom. The van der Waals surface area contributed by atoms with Crippen molar-refractivity contribution < 1.29 is 9.18 Å².